The Morgan fingerprint density at radius 3 is 2.45 bits per heavy atom. The molecule has 0 spiro atoms. The Kier molecular flexibility index (Phi) is 5.61. The van der Waals surface area contributed by atoms with Crippen LogP contribution in [0.1, 0.15) is 32.4 Å². The highest BCUT2D eigenvalue weighted by Crippen LogP contribution is 2.27. The Hall–Kier alpha value is -0.420. The highest BCUT2D eigenvalue weighted by molar-refractivity contribution is 9.10. The number of likely N-dealkylation sites (N-methyl/N-ethyl adjacent to an activating group) is 1. The summed E-state index contributed by atoms with van der Waals surface area (Å²) >= 11 is 3.50. The molecule has 1 aliphatic rings. The predicted molar refractivity (Wildman–Crippen MR) is 88.8 cm³/mol. The summed E-state index contributed by atoms with van der Waals surface area (Å²) in [5, 5.41) is 0. The van der Waals surface area contributed by atoms with Crippen molar-refractivity contribution in [3.63, 3.8) is 0 Å². The van der Waals surface area contributed by atoms with Crippen LogP contribution in [-0.4, -0.2) is 48.1 Å². The van der Waals surface area contributed by atoms with Crippen LogP contribution in [0.15, 0.2) is 28.7 Å². The average Bonchev–Trinajstić information content (AvgIpc) is 2.41. The molecule has 1 aliphatic heterocycles. The van der Waals surface area contributed by atoms with Crippen molar-refractivity contribution in [2.75, 3.05) is 26.2 Å². The van der Waals surface area contributed by atoms with E-state index in [0.29, 0.717) is 12.1 Å². The largest absolute Gasteiger partial charge is 0.326 e. The van der Waals surface area contributed by atoms with E-state index in [2.05, 4.69) is 70.8 Å². The second-order valence-corrected chi connectivity index (χ2v) is 6.74. The zero-order chi connectivity index (χ0) is 14.7. The molecule has 0 bridgehead atoms. The maximum atomic E-state index is 6.28. The Morgan fingerprint density at radius 1 is 1.30 bits per heavy atom. The van der Waals surface area contributed by atoms with Crippen LogP contribution in [0.3, 0.4) is 0 Å². The third-order valence-corrected chi connectivity index (χ3v) is 4.83. The first-order chi connectivity index (χ1) is 9.52. The standard InChI is InChI=1S/C16H26BrN3/c1-4-19-9-10-20(11-12(19)2)16(13(3)18)14-5-7-15(17)8-6-14/h5-8,12-13,16H,4,9-11,18H2,1-3H3. The molecule has 1 aromatic rings. The molecule has 112 valence electrons. The van der Waals surface area contributed by atoms with Gasteiger partial charge in [0.25, 0.3) is 0 Å². The molecule has 0 amide bonds. The summed E-state index contributed by atoms with van der Waals surface area (Å²) in [6.45, 7) is 11.1. The van der Waals surface area contributed by atoms with E-state index in [4.69, 9.17) is 5.73 Å². The van der Waals surface area contributed by atoms with Gasteiger partial charge in [0.15, 0.2) is 0 Å². The van der Waals surface area contributed by atoms with Crippen molar-refractivity contribution in [1.82, 2.24) is 9.80 Å². The molecule has 1 aromatic carbocycles. The SMILES string of the molecule is CCN1CCN(C(c2ccc(Br)cc2)C(C)N)CC1C. The molecule has 3 unspecified atom stereocenters. The molecular formula is C16H26BrN3. The van der Waals surface area contributed by atoms with Gasteiger partial charge in [0.1, 0.15) is 0 Å². The minimum atomic E-state index is 0.136. The van der Waals surface area contributed by atoms with Gasteiger partial charge in [0, 0.05) is 42.2 Å². The van der Waals surface area contributed by atoms with Crippen molar-refractivity contribution < 1.29 is 0 Å². The lowest BCUT2D eigenvalue weighted by molar-refractivity contribution is 0.0516. The molecule has 2 rings (SSSR count). The first-order valence-electron chi connectivity index (χ1n) is 7.52. The third kappa shape index (κ3) is 3.61. The summed E-state index contributed by atoms with van der Waals surface area (Å²) < 4.78 is 1.12. The normalized spacial score (nSPS) is 24.6. The summed E-state index contributed by atoms with van der Waals surface area (Å²) in [5.74, 6) is 0. The quantitative estimate of drug-likeness (QED) is 0.915. The summed E-state index contributed by atoms with van der Waals surface area (Å²) in [6, 6.07) is 9.64. The van der Waals surface area contributed by atoms with Crippen molar-refractivity contribution in [3.05, 3.63) is 34.3 Å². The smallest absolute Gasteiger partial charge is 0.0497 e. The van der Waals surface area contributed by atoms with Gasteiger partial charge in [-0.3, -0.25) is 9.80 Å². The molecule has 0 saturated carbocycles. The summed E-state index contributed by atoms with van der Waals surface area (Å²) in [4.78, 5) is 5.08. The number of rotatable bonds is 4. The first kappa shape index (κ1) is 16.0. The second kappa shape index (κ2) is 7.03. The predicted octanol–water partition coefficient (Wildman–Crippen LogP) is 2.86. The number of halogens is 1. The zero-order valence-electron chi connectivity index (χ0n) is 12.7. The number of nitrogens with zero attached hydrogens (tertiary/aromatic N) is 2. The van der Waals surface area contributed by atoms with Crippen LogP contribution in [-0.2, 0) is 0 Å². The Bertz CT molecular complexity index is 418. The van der Waals surface area contributed by atoms with Gasteiger partial charge in [-0.25, -0.2) is 0 Å². The lowest BCUT2D eigenvalue weighted by atomic mass is 9.97. The van der Waals surface area contributed by atoms with Crippen LogP contribution < -0.4 is 5.73 Å². The van der Waals surface area contributed by atoms with E-state index in [9.17, 15) is 0 Å². The van der Waals surface area contributed by atoms with Crippen LogP contribution in [0.4, 0.5) is 0 Å². The molecule has 0 aliphatic carbocycles. The molecule has 1 saturated heterocycles. The van der Waals surface area contributed by atoms with Gasteiger partial charge in [-0.15, -0.1) is 0 Å². The molecule has 0 radical (unpaired) electrons. The molecule has 1 heterocycles. The summed E-state index contributed by atoms with van der Waals surface area (Å²) in [5.41, 5.74) is 7.60. The number of benzene rings is 1. The lowest BCUT2D eigenvalue weighted by Gasteiger charge is -2.44. The molecule has 0 aromatic heterocycles. The highest BCUT2D eigenvalue weighted by Gasteiger charge is 2.30. The maximum absolute atomic E-state index is 6.28. The van der Waals surface area contributed by atoms with Gasteiger partial charge in [-0.2, -0.15) is 0 Å². The fourth-order valence-electron chi connectivity index (χ4n) is 3.25. The van der Waals surface area contributed by atoms with Gasteiger partial charge in [-0.05, 0) is 38.1 Å². The average molecular weight is 340 g/mol. The minimum Gasteiger partial charge on any atom is -0.326 e. The van der Waals surface area contributed by atoms with E-state index in [0.717, 1.165) is 30.7 Å². The van der Waals surface area contributed by atoms with E-state index in [-0.39, 0.29) is 6.04 Å². The first-order valence-corrected chi connectivity index (χ1v) is 8.31. The van der Waals surface area contributed by atoms with Crippen LogP contribution in [0.5, 0.6) is 0 Å². The molecule has 20 heavy (non-hydrogen) atoms. The van der Waals surface area contributed by atoms with E-state index in [1.165, 1.54) is 5.56 Å². The van der Waals surface area contributed by atoms with Crippen molar-refractivity contribution in [2.24, 2.45) is 5.73 Å². The van der Waals surface area contributed by atoms with Crippen molar-refractivity contribution in [3.8, 4) is 0 Å². The van der Waals surface area contributed by atoms with Crippen LogP contribution in [0.25, 0.3) is 0 Å². The van der Waals surface area contributed by atoms with Crippen molar-refractivity contribution in [2.45, 2.75) is 38.9 Å². The van der Waals surface area contributed by atoms with Crippen molar-refractivity contribution in [1.29, 1.82) is 0 Å². The van der Waals surface area contributed by atoms with Gasteiger partial charge in [0.05, 0.1) is 0 Å². The molecule has 2 N–H and O–H groups in total. The Morgan fingerprint density at radius 2 is 1.95 bits per heavy atom. The number of nitrogens with two attached hydrogens (primary N) is 1. The van der Waals surface area contributed by atoms with Crippen LogP contribution in [0.2, 0.25) is 0 Å². The van der Waals surface area contributed by atoms with Crippen LogP contribution >= 0.6 is 15.9 Å². The molecule has 3 atom stereocenters. The fraction of sp³-hybridized carbons (Fsp3) is 0.625. The highest BCUT2D eigenvalue weighted by atomic mass is 79.9. The lowest BCUT2D eigenvalue weighted by Crippen LogP contribution is -2.54. The van der Waals surface area contributed by atoms with Gasteiger partial charge < -0.3 is 5.73 Å². The minimum absolute atomic E-state index is 0.136. The fourth-order valence-corrected chi connectivity index (χ4v) is 3.52. The van der Waals surface area contributed by atoms with Gasteiger partial charge in [0.2, 0.25) is 0 Å². The van der Waals surface area contributed by atoms with E-state index >= 15 is 0 Å². The molecule has 1 fully saturated rings. The number of hydrogen-bond acceptors (Lipinski definition) is 3. The molecular weight excluding hydrogens is 314 g/mol. The molecule has 3 nitrogen and oxygen atoms in total. The van der Waals surface area contributed by atoms with Crippen molar-refractivity contribution >= 4 is 15.9 Å². The molecule has 4 heteroatoms. The monoisotopic (exact) mass is 339 g/mol. The summed E-state index contributed by atoms with van der Waals surface area (Å²) in [6.07, 6.45) is 0. The number of piperazine rings is 1. The van der Waals surface area contributed by atoms with Gasteiger partial charge >= 0.3 is 0 Å². The second-order valence-electron chi connectivity index (χ2n) is 5.83. The summed E-state index contributed by atoms with van der Waals surface area (Å²) in [7, 11) is 0. The zero-order valence-corrected chi connectivity index (χ0v) is 14.3. The van der Waals surface area contributed by atoms with E-state index in [1.807, 2.05) is 0 Å². The topological polar surface area (TPSA) is 32.5 Å². The maximum Gasteiger partial charge on any atom is 0.0497 e. The number of hydrogen-bond donors (Lipinski definition) is 1. The third-order valence-electron chi connectivity index (χ3n) is 4.31. The van der Waals surface area contributed by atoms with E-state index in [1.54, 1.807) is 0 Å². The van der Waals surface area contributed by atoms with E-state index < -0.39 is 0 Å². The Balaban J connectivity index is 2.15. The van der Waals surface area contributed by atoms with Crippen LogP contribution in [0, 0.1) is 0 Å². The Labute approximate surface area is 131 Å². The van der Waals surface area contributed by atoms with Gasteiger partial charge in [-0.1, -0.05) is 35.0 Å².